The summed E-state index contributed by atoms with van der Waals surface area (Å²) in [5, 5.41) is 205. The van der Waals surface area contributed by atoms with Crippen molar-refractivity contribution in [3.63, 3.8) is 0 Å². The summed E-state index contributed by atoms with van der Waals surface area (Å²) in [7, 11) is 0. The number of aliphatic hydroxyl groups is 19. The summed E-state index contributed by atoms with van der Waals surface area (Å²) in [5.41, 5.74) is 0. The summed E-state index contributed by atoms with van der Waals surface area (Å²) in [6.45, 7) is -2.61. The molecule has 1 unspecified atom stereocenters. The van der Waals surface area contributed by atoms with Crippen LogP contribution in [0.15, 0.2) is 0 Å². The molecule has 428 valence electrons. The molecule has 22 aliphatic rings. The van der Waals surface area contributed by atoms with Crippen LogP contribution in [0.5, 0.6) is 0 Å². The highest BCUT2D eigenvalue weighted by molar-refractivity contribution is 5.01. The molecule has 0 aromatic rings. The minimum atomic E-state index is -2.16. The van der Waals surface area contributed by atoms with Gasteiger partial charge in [0.1, 0.15) is 146 Å². The van der Waals surface area contributed by atoms with Crippen molar-refractivity contribution in [3.8, 4) is 0 Å². The van der Waals surface area contributed by atoms with Crippen LogP contribution in [0.2, 0.25) is 0 Å². The Hall–Kier alpha value is -1.28. The smallest absolute Gasteiger partial charge is 0.187 e. The highest BCUT2D eigenvalue weighted by Crippen LogP contribution is 2.38. The minimum Gasteiger partial charge on any atom is -0.397 e. The molecule has 32 nitrogen and oxygen atoms in total. The fourth-order valence-electron chi connectivity index (χ4n) is 9.35. The third kappa shape index (κ3) is 12.9. The predicted molar refractivity (Wildman–Crippen MR) is 224 cm³/mol. The molecular formula is C41H72O32. The molecule has 0 spiro atoms. The van der Waals surface area contributed by atoms with Crippen LogP contribution in [-0.4, -0.2) is 334 Å². The van der Waals surface area contributed by atoms with Crippen molar-refractivity contribution in [3.05, 3.63) is 0 Å². The second-order valence-electron chi connectivity index (χ2n) is 18.1. The van der Waals surface area contributed by atoms with Gasteiger partial charge in [-0.1, -0.05) is 6.92 Å². The van der Waals surface area contributed by atoms with Gasteiger partial charge in [0.25, 0.3) is 0 Å². The fraction of sp³-hybridized carbons (Fsp3) is 1.00. The quantitative estimate of drug-likeness (QED) is 0.0954. The standard InChI is InChI=1S/C39H66O31.C2H6O/c1-2-15(46)64-33-26(57)39-63-14(8-45)32(33)70-38-25(56)20(51)30(12(6-43)62-38)68-36-23(54)18(49)28(10(4-41)60-36)66-34-21(52)16(47)27(9(3-40)58-34)65-35-22(53)17(48)29(11(5-42)59-35)67-37-24(55)19(50)31(69-39)13(7-44)61-37;1-2-3/h9-57H,2-8H2,1H3;3H,2H2,1H3/t9-,10-,11-,12-,13-,14-,15?,16-,17-,18-,19-,20-,21-,22-,23-,24-,25-,26-,27-,28-,29-,30-,31-,32+,33-,34-,35-,36-,37-,38-,39-;/m1./s1. The van der Waals surface area contributed by atoms with Crippen molar-refractivity contribution in [2.45, 2.75) is 211 Å². The molecule has 0 amide bonds. The number of hydrogen-bond acceptors (Lipinski definition) is 32. The van der Waals surface area contributed by atoms with Gasteiger partial charge in [-0.05, 0) is 13.3 Å². The van der Waals surface area contributed by atoms with E-state index >= 15 is 0 Å². The molecule has 32 heteroatoms. The van der Waals surface area contributed by atoms with E-state index in [1.54, 1.807) is 6.92 Å². The van der Waals surface area contributed by atoms with Crippen molar-refractivity contribution in [1.29, 1.82) is 0 Å². The van der Waals surface area contributed by atoms with Crippen molar-refractivity contribution in [2.24, 2.45) is 0 Å². The molecule has 22 aliphatic heterocycles. The van der Waals surface area contributed by atoms with E-state index in [1.807, 2.05) is 0 Å². The second-order valence-corrected chi connectivity index (χ2v) is 18.1. The average molecular weight is 1080 g/mol. The summed E-state index contributed by atoms with van der Waals surface area (Å²) < 4.78 is 74.6. The van der Waals surface area contributed by atoms with E-state index in [2.05, 4.69) is 0 Å². The van der Waals surface area contributed by atoms with Crippen LogP contribution in [-0.2, 0) is 61.6 Å². The molecule has 0 saturated carbocycles. The fourth-order valence-corrected chi connectivity index (χ4v) is 9.35. The largest absolute Gasteiger partial charge is 0.397 e. The van der Waals surface area contributed by atoms with Crippen LogP contribution >= 0.6 is 0 Å². The van der Waals surface area contributed by atoms with Gasteiger partial charge in [-0.15, -0.1) is 0 Å². The molecule has 22 fully saturated rings. The van der Waals surface area contributed by atoms with Crippen LogP contribution < -0.4 is 0 Å². The Balaban J connectivity index is 0.00000283. The molecule has 0 aromatic carbocycles. The summed E-state index contributed by atoms with van der Waals surface area (Å²) in [6.07, 6.45) is -60.1. The Labute approximate surface area is 415 Å². The maximum Gasteiger partial charge on any atom is 0.187 e. The van der Waals surface area contributed by atoms with Gasteiger partial charge in [0.15, 0.2) is 44.0 Å². The number of hydrogen-bond donors (Lipinski definition) is 19. The number of ether oxygens (including phenoxy) is 13. The summed E-state index contributed by atoms with van der Waals surface area (Å²) in [6, 6.07) is 0. The predicted octanol–water partition coefficient (Wildman–Crippen LogP) is -12.3. The van der Waals surface area contributed by atoms with Crippen LogP contribution in [0.1, 0.15) is 20.3 Å². The average Bonchev–Trinajstić information content (AvgIpc) is 3.38. The van der Waals surface area contributed by atoms with Crippen molar-refractivity contribution >= 4 is 0 Å². The zero-order valence-corrected chi connectivity index (χ0v) is 39.4. The molecule has 0 radical (unpaired) electrons. The van der Waals surface area contributed by atoms with E-state index in [1.165, 1.54) is 6.92 Å². The van der Waals surface area contributed by atoms with Crippen LogP contribution in [0, 0.1) is 0 Å². The summed E-state index contributed by atoms with van der Waals surface area (Å²) >= 11 is 0. The van der Waals surface area contributed by atoms with E-state index in [-0.39, 0.29) is 13.0 Å². The SMILES string of the molecule is CCC(O)O[C@@H]1[C@@H](O)[C@H]2O[C@H]3[C@H](O)[C@@H](O)[C@@H](O[C@H]4[C@H](O)[C@@H](O)[C@@H](O[C@H]5[C@H](O)[C@@H](O)[C@@H](O[C@H]6[C@H](O)[C@@H](O)[C@@H](O[C@H]7[C@H](O)[C@@H](O)[C@@H](O[C@H]1[C@@H](CO)O2)O[C@@H]7CO)O[C@@H]6CO)O[C@@H]5CO)O[C@@H]4CO)O[C@@H]3CO.CCO. The molecule has 12 bridgehead atoms. The van der Waals surface area contributed by atoms with Gasteiger partial charge < -0.3 is 159 Å². The van der Waals surface area contributed by atoms with Gasteiger partial charge in [0, 0.05) is 6.61 Å². The third-order valence-corrected chi connectivity index (χ3v) is 13.3. The monoisotopic (exact) mass is 1080 g/mol. The number of rotatable bonds is 9. The first kappa shape index (κ1) is 60.9. The van der Waals surface area contributed by atoms with Gasteiger partial charge in [-0.3, -0.25) is 0 Å². The molecule has 22 rings (SSSR count). The van der Waals surface area contributed by atoms with Gasteiger partial charge in [0.2, 0.25) is 0 Å². The Morgan fingerprint density at radius 3 is 0.699 bits per heavy atom. The molecule has 0 aromatic heterocycles. The molecule has 22 saturated heterocycles. The second kappa shape index (κ2) is 27.1. The van der Waals surface area contributed by atoms with Crippen molar-refractivity contribution < 1.29 is 159 Å². The zero-order chi connectivity index (χ0) is 53.7. The Kier molecular flexibility index (Phi) is 22.6. The highest BCUT2D eigenvalue weighted by atomic mass is 16.8. The van der Waals surface area contributed by atoms with E-state index in [0.717, 1.165) is 0 Å². The van der Waals surface area contributed by atoms with E-state index in [9.17, 15) is 91.9 Å². The lowest BCUT2D eigenvalue weighted by atomic mass is 9.94. The molecule has 22 heterocycles. The molecular weight excluding hydrogens is 1000 g/mol. The van der Waals surface area contributed by atoms with E-state index < -0.39 is 230 Å². The van der Waals surface area contributed by atoms with Crippen LogP contribution in [0.25, 0.3) is 0 Å². The first-order chi connectivity index (χ1) is 34.8. The number of aliphatic hydroxyl groups excluding tert-OH is 19. The Morgan fingerprint density at radius 2 is 0.493 bits per heavy atom. The first-order valence-electron chi connectivity index (χ1n) is 23.7. The summed E-state index contributed by atoms with van der Waals surface area (Å²) in [5.74, 6) is 0. The van der Waals surface area contributed by atoms with Gasteiger partial charge in [-0.25, -0.2) is 0 Å². The van der Waals surface area contributed by atoms with E-state index in [0.29, 0.717) is 0 Å². The maximum absolute atomic E-state index is 11.7. The van der Waals surface area contributed by atoms with Crippen molar-refractivity contribution in [2.75, 3.05) is 46.2 Å². The minimum absolute atomic E-state index is 0.102. The normalized spacial score (nSPS) is 51.4. The molecule has 73 heavy (non-hydrogen) atoms. The zero-order valence-electron chi connectivity index (χ0n) is 39.4. The third-order valence-electron chi connectivity index (χ3n) is 13.3. The highest BCUT2D eigenvalue weighted by Gasteiger charge is 2.59. The lowest BCUT2D eigenvalue weighted by molar-refractivity contribution is -0.407. The molecule has 19 N–H and O–H groups in total. The summed E-state index contributed by atoms with van der Waals surface area (Å²) in [4.78, 5) is 0. The van der Waals surface area contributed by atoms with Crippen LogP contribution in [0.4, 0.5) is 0 Å². The lowest BCUT2D eigenvalue weighted by Gasteiger charge is -2.51. The maximum atomic E-state index is 11.7. The van der Waals surface area contributed by atoms with Gasteiger partial charge >= 0.3 is 0 Å². The van der Waals surface area contributed by atoms with Crippen molar-refractivity contribution in [1.82, 2.24) is 0 Å². The Bertz CT molecular complexity index is 1620. The lowest BCUT2D eigenvalue weighted by Crippen LogP contribution is -2.69. The van der Waals surface area contributed by atoms with E-state index in [4.69, 9.17) is 66.7 Å². The first-order valence-corrected chi connectivity index (χ1v) is 23.7. The Morgan fingerprint density at radius 1 is 0.301 bits per heavy atom. The van der Waals surface area contributed by atoms with Crippen LogP contribution in [0.3, 0.4) is 0 Å². The van der Waals surface area contributed by atoms with Gasteiger partial charge in [0.05, 0.1) is 39.6 Å². The van der Waals surface area contributed by atoms with Gasteiger partial charge in [-0.2, -0.15) is 0 Å². The topological polar surface area (TPSA) is 504 Å². The molecule has 0 aliphatic carbocycles. The molecule has 31 atom stereocenters.